The summed E-state index contributed by atoms with van der Waals surface area (Å²) in [5.41, 5.74) is 2.66. The summed E-state index contributed by atoms with van der Waals surface area (Å²) in [5, 5.41) is 9.34. The molecule has 1 aliphatic rings. The Morgan fingerprint density at radius 2 is 2.05 bits per heavy atom. The number of aromatic nitrogens is 3. The Hall–Kier alpha value is -1.91. The largest absolute Gasteiger partial charge is 0.477 e. The van der Waals surface area contributed by atoms with Crippen molar-refractivity contribution in [2.24, 2.45) is 0 Å². The molecule has 0 atom stereocenters. The van der Waals surface area contributed by atoms with Crippen molar-refractivity contribution in [2.45, 2.75) is 45.4 Å². The third-order valence-electron chi connectivity index (χ3n) is 4.02. The molecule has 0 unspecified atom stereocenters. The fraction of sp³-hybridized carbons (Fsp3) is 0.500. The summed E-state index contributed by atoms with van der Waals surface area (Å²) in [7, 11) is 0. The van der Waals surface area contributed by atoms with Crippen LogP contribution in [0.5, 0.6) is 0 Å². The molecule has 0 spiro atoms. The first-order chi connectivity index (χ1) is 9.09. The number of rotatable bonds is 2. The van der Waals surface area contributed by atoms with Crippen molar-refractivity contribution in [3.8, 4) is 0 Å². The highest BCUT2D eigenvalue weighted by atomic mass is 16.4. The lowest BCUT2D eigenvalue weighted by Gasteiger charge is -2.11. The highest BCUT2D eigenvalue weighted by Gasteiger charge is 2.25. The maximum absolute atomic E-state index is 11.4. The zero-order valence-electron chi connectivity index (χ0n) is 11.2. The van der Waals surface area contributed by atoms with Gasteiger partial charge in [-0.2, -0.15) is 0 Å². The van der Waals surface area contributed by atoms with Crippen LogP contribution in [0, 0.1) is 13.8 Å². The Morgan fingerprint density at radius 1 is 1.37 bits per heavy atom. The van der Waals surface area contributed by atoms with Crippen LogP contribution in [-0.4, -0.2) is 25.4 Å². The standard InChI is InChI=1S/C14H17N3O2/c1-8-12(14(18)19)17-9(2)15-7-11(13(17)16-8)10-5-3-4-6-10/h7,10H,3-6H2,1-2H3,(H,18,19). The number of nitrogens with zero attached hydrogens (tertiary/aromatic N) is 3. The third-order valence-corrected chi connectivity index (χ3v) is 4.02. The lowest BCUT2D eigenvalue weighted by Crippen LogP contribution is -2.09. The molecular formula is C14H17N3O2. The molecule has 0 radical (unpaired) electrons. The monoisotopic (exact) mass is 259 g/mol. The van der Waals surface area contributed by atoms with Crippen LogP contribution in [0.4, 0.5) is 0 Å². The number of hydrogen-bond donors (Lipinski definition) is 1. The predicted octanol–water partition coefficient (Wildman–Crippen LogP) is 2.70. The highest BCUT2D eigenvalue weighted by molar-refractivity contribution is 5.88. The van der Waals surface area contributed by atoms with Crippen LogP contribution in [0.15, 0.2) is 6.20 Å². The van der Waals surface area contributed by atoms with Crippen molar-refractivity contribution in [2.75, 3.05) is 0 Å². The van der Waals surface area contributed by atoms with Gasteiger partial charge in [0.2, 0.25) is 0 Å². The first-order valence-electron chi connectivity index (χ1n) is 6.67. The molecule has 5 heteroatoms. The Balaban J connectivity index is 2.29. The molecule has 0 aliphatic heterocycles. The van der Waals surface area contributed by atoms with Gasteiger partial charge in [0.1, 0.15) is 11.5 Å². The molecule has 1 aliphatic carbocycles. The zero-order valence-corrected chi connectivity index (χ0v) is 11.2. The Bertz CT molecular complexity index is 654. The van der Waals surface area contributed by atoms with Crippen molar-refractivity contribution >= 4 is 11.6 Å². The number of carbonyl (C=O) groups is 1. The summed E-state index contributed by atoms with van der Waals surface area (Å²) in [6, 6.07) is 0. The molecule has 5 nitrogen and oxygen atoms in total. The van der Waals surface area contributed by atoms with Gasteiger partial charge in [0, 0.05) is 11.8 Å². The zero-order chi connectivity index (χ0) is 13.6. The van der Waals surface area contributed by atoms with E-state index in [-0.39, 0.29) is 5.69 Å². The van der Waals surface area contributed by atoms with Crippen LogP contribution >= 0.6 is 0 Å². The van der Waals surface area contributed by atoms with Crippen molar-refractivity contribution < 1.29 is 9.90 Å². The average molecular weight is 259 g/mol. The summed E-state index contributed by atoms with van der Waals surface area (Å²) in [6.45, 7) is 3.56. The van der Waals surface area contributed by atoms with Gasteiger partial charge in [-0.3, -0.25) is 4.40 Å². The van der Waals surface area contributed by atoms with Gasteiger partial charge in [0.15, 0.2) is 5.69 Å². The SMILES string of the molecule is Cc1nc2c(C3CCCC3)cnc(C)n2c1C(=O)O. The van der Waals surface area contributed by atoms with Gasteiger partial charge in [-0.05, 0) is 32.6 Å². The van der Waals surface area contributed by atoms with Gasteiger partial charge < -0.3 is 5.11 Å². The molecule has 2 aromatic rings. The molecule has 2 aromatic heterocycles. The fourth-order valence-corrected chi connectivity index (χ4v) is 3.09. The topological polar surface area (TPSA) is 67.5 Å². The van der Waals surface area contributed by atoms with Crippen LogP contribution < -0.4 is 0 Å². The third kappa shape index (κ3) is 1.80. The van der Waals surface area contributed by atoms with E-state index in [2.05, 4.69) is 9.97 Å². The molecule has 3 rings (SSSR count). The lowest BCUT2D eigenvalue weighted by molar-refractivity contribution is 0.0688. The van der Waals surface area contributed by atoms with Gasteiger partial charge in [-0.25, -0.2) is 14.8 Å². The molecule has 0 saturated heterocycles. The number of fused-ring (bicyclic) bond motifs is 1. The second-order valence-corrected chi connectivity index (χ2v) is 5.25. The number of carboxylic acids is 1. The molecule has 2 heterocycles. The maximum atomic E-state index is 11.4. The van der Waals surface area contributed by atoms with E-state index in [1.165, 1.54) is 12.8 Å². The first-order valence-corrected chi connectivity index (χ1v) is 6.67. The minimum atomic E-state index is -0.946. The molecule has 100 valence electrons. The van der Waals surface area contributed by atoms with Gasteiger partial charge >= 0.3 is 5.97 Å². The average Bonchev–Trinajstić information content (AvgIpc) is 2.96. The minimum Gasteiger partial charge on any atom is -0.477 e. The van der Waals surface area contributed by atoms with E-state index in [1.807, 2.05) is 13.1 Å². The van der Waals surface area contributed by atoms with Crippen molar-refractivity contribution in [3.63, 3.8) is 0 Å². The first kappa shape index (κ1) is 12.1. The smallest absolute Gasteiger partial charge is 0.354 e. The Morgan fingerprint density at radius 3 is 2.68 bits per heavy atom. The number of aromatic carboxylic acids is 1. The molecule has 1 saturated carbocycles. The van der Waals surface area contributed by atoms with Gasteiger partial charge in [0.25, 0.3) is 0 Å². The van der Waals surface area contributed by atoms with E-state index >= 15 is 0 Å². The van der Waals surface area contributed by atoms with Crippen molar-refractivity contribution in [1.82, 2.24) is 14.4 Å². The van der Waals surface area contributed by atoms with E-state index in [1.54, 1.807) is 11.3 Å². The lowest BCUT2D eigenvalue weighted by atomic mass is 10.0. The quantitative estimate of drug-likeness (QED) is 0.900. The maximum Gasteiger partial charge on any atom is 0.354 e. The normalized spacial score (nSPS) is 16.3. The second kappa shape index (κ2) is 4.33. The van der Waals surface area contributed by atoms with Gasteiger partial charge in [-0.15, -0.1) is 0 Å². The number of imidazole rings is 1. The predicted molar refractivity (Wildman–Crippen MR) is 70.6 cm³/mol. The van der Waals surface area contributed by atoms with Crippen molar-refractivity contribution in [3.05, 3.63) is 29.0 Å². The van der Waals surface area contributed by atoms with E-state index in [4.69, 9.17) is 0 Å². The van der Waals surface area contributed by atoms with E-state index in [9.17, 15) is 9.90 Å². The van der Waals surface area contributed by atoms with Gasteiger partial charge in [0.05, 0.1) is 5.69 Å². The van der Waals surface area contributed by atoms with Crippen LogP contribution in [-0.2, 0) is 0 Å². The van der Waals surface area contributed by atoms with Crippen LogP contribution in [0.3, 0.4) is 0 Å². The fourth-order valence-electron chi connectivity index (χ4n) is 3.09. The van der Waals surface area contributed by atoms with Crippen LogP contribution in [0.1, 0.15) is 59.2 Å². The molecule has 1 N–H and O–H groups in total. The highest BCUT2D eigenvalue weighted by Crippen LogP contribution is 2.36. The molecule has 0 bridgehead atoms. The van der Waals surface area contributed by atoms with Gasteiger partial charge in [-0.1, -0.05) is 12.8 Å². The molecule has 0 aromatic carbocycles. The van der Waals surface area contributed by atoms with E-state index in [0.717, 1.165) is 24.1 Å². The molecular weight excluding hydrogens is 242 g/mol. The van der Waals surface area contributed by atoms with E-state index < -0.39 is 5.97 Å². The van der Waals surface area contributed by atoms with Crippen LogP contribution in [0.2, 0.25) is 0 Å². The number of aryl methyl sites for hydroxylation is 2. The Kier molecular flexibility index (Phi) is 2.77. The summed E-state index contributed by atoms with van der Waals surface area (Å²) in [6.07, 6.45) is 6.63. The molecule has 19 heavy (non-hydrogen) atoms. The number of carboxylic acid groups (broad SMARTS) is 1. The van der Waals surface area contributed by atoms with Crippen LogP contribution in [0.25, 0.3) is 5.65 Å². The minimum absolute atomic E-state index is 0.236. The number of hydrogen-bond acceptors (Lipinski definition) is 3. The van der Waals surface area contributed by atoms with E-state index in [0.29, 0.717) is 17.4 Å². The summed E-state index contributed by atoms with van der Waals surface area (Å²) >= 11 is 0. The second-order valence-electron chi connectivity index (χ2n) is 5.25. The summed E-state index contributed by atoms with van der Waals surface area (Å²) in [5.74, 6) is 0.201. The molecule has 0 amide bonds. The summed E-state index contributed by atoms with van der Waals surface area (Å²) < 4.78 is 1.69. The Labute approximate surface area is 111 Å². The summed E-state index contributed by atoms with van der Waals surface area (Å²) in [4.78, 5) is 20.2. The molecule has 1 fully saturated rings. The van der Waals surface area contributed by atoms with Crippen molar-refractivity contribution in [1.29, 1.82) is 0 Å².